The third-order valence-corrected chi connectivity index (χ3v) is 5.91. The van der Waals surface area contributed by atoms with Crippen molar-refractivity contribution < 1.29 is 9.53 Å². The predicted octanol–water partition coefficient (Wildman–Crippen LogP) is 5.40. The Balaban J connectivity index is 1.79. The Morgan fingerprint density at radius 1 is 1.27 bits per heavy atom. The van der Waals surface area contributed by atoms with Gasteiger partial charge in [0.2, 0.25) is 5.91 Å². The van der Waals surface area contributed by atoms with Crippen molar-refractivity contribution in [2.45, 2.75) is 57.5 Å². The number of piperidine rings is 1. The molecule has 2 fully saturated rings. The Labute approximate surface area is 162 Å². The second-order valence-electron chi connectivity index (χ2n) is 7.65. The molecule has 4 heteroatoms. The van der Waals surface area contributed by atoms with Gasteiger partial charge >= 0.3 is 0 Å². The van der Waals surface area contributed by atoms with Crippen LogP contribution in [0, 0.1) is 11.8 Å². The van der Waals surface area contributed by atoms with E-state index < -0.39 is 0 Å². The lowest BCUT2D eigenvalue weighted by Crippen LogP contribution is -2.50. The summed E-state index contributed by atoms with van der Waals surface area (Å²) >= 11 is 6.06. The van der Waals surface area contributed by atoms with Crippen LogP contribution in [0.4, 0.5) is 0 Å². The number of rotatable bonds is 9. The van der Waals surface area contributed by atoms with E-state index in [1.807, 2.05) is 18.2 Å². The maximum atomic E-state index is 13.3. The Morgan fingerprint density at radius 2 is 2.00 bits per heavy atom. The molecule has 1 aromatic rings. The van der Waals surface area contributed by atoms with Crippen molar-refractivity contribution in [2.75, 3.05) is 13.2 Å². The third-order valence-electron chi connectivity index (χ3n) is 5.66. The highest BCUT2D eigenvalue weighted by atomic mass is 35.5. The molecule has 1 aromatic carbocycles. The summed E-state index contributed by atoms with van der Waals surface area (Å²) in [5.74, 6) is 1.04. The van der Waals surface area contributed by atoms with Gasteiger partial charge < -0.3 is 9.64 Å². The zero-order valence-electron chi connectivity index (χ0n) is 15.7. The second kappa shape index (κ2) is 9.05. The number of carbonyl (C=O) groups is 1. The number of likely N-dealkylation sites (tertiary alicyclic amines) is 1. The van der Waals surface area contributed by atoms with Gasteiger partial charge in [-0.1, -0.05) is 36.7 Å². The van der Waals surface area contributed by atoms with Gasteiger partial charge in [0.25, 0.3) is 0 Å². The molecule has 2 aliphatic rings. The van der Waals surface area contributed by atoms with Crippen LogP contribution in [-0.2, 0) is 9.53 Å². The lowest BCUT2D eigenvalue weighted by atomic mass is 9.85. The van der Waals surface area contributed by atoms with E-state index in [0.29, 0.717) is 6.61 Å². The van der Waals surface area contributed by atoms with Crippen molar-refractivity contribution in [3.05, 3.63) is 47.5 Å². The monoisotopic (exact) mass is 375 g/mol. The van der Waals surface area contributed by atoms with E-state index in [-0.39, 0.29) is 23.9 Å². The molecule has 3 nitrogen and oxygen atoms in total. The fourth-order valence-corrected chi connectivity index (χ4v) is 4.03. The number of ether oxygens (including phenoxy) is 1. The molecule has 1 aliphatic carbocycles. The van der Waals surface area contributed by atoms with Crippen molar-refractivity contribution >= 4 is 17.5 Å². The first kappa shape index (κ1) is 19.4. The van der Waals surface area contributed by atoms with E-state index in [1.165, 1.54) is 18.4 Å². The fourth-order valence-electron chi connectivity index (χ4n) is 3.90. The van der Waals surface area contributed by atoms with Gasteiger partial charge in [-0.15, -0.1) is 6.58 Å². The van der Waals surface area contributed by atoms with E-state index in [2.05, 4.69) is 30.5 Å². The molecule has 1 aliphatic heterocycles. The van der Waals surface area contributed by atoms with Gasteiger partial charge in [-0.3, -0.25) is 4.79 Å². The van der Waals surface area contributed by atoms with Crippen LogP contribution >= 0.6 is 11.6 Å². The van der Waals surface area contributed by atoms with E-state index in [0.717, 1.165) is 43.2 Å². The first-order valence-corrected chi connectivity index (χ1v) is 10.3. The minimum atomic E-state index is 0.0496. The van der Waals surface area contributed by atoms with Gasteiger partial charge in [-0.05, 0) is 62.1 Å². The van der Waals surface area contributed by atoms with E-state index in [1.54, 1.807) is 0 Å². The molecular weight excluding hydrogens is 346 g/mol. The number of carbonyl (C=O) groups excluding carboxylic acids is 1. The van der Waals surface area contributed by atoms with E-state index in [9.17, 15) is 4.79 Å². The van der Waals surface area contributed by atoms with Crippen molar-refractivity contribution in [3.63, 3.8) is 0 Å². The third kappa shape index (κ3) is 4.69. The largest absolute Gasteiger partial charge is 0.379 e. The number of allylic oxidation sites excluding steroid dienone is 1. The molecule has 3 rings (SSSR count). The Kier molecular flexibility index (Phi) is 6.77. The summed E-state index contributed by atoms with van der Waals surface area (Å²) in [5, 5.41) is 0.728. The fraction of sp³-hybridized carbons (Fsp3) is 0.591. The lowest BCUT2D eigenvalue weighted by Gasteiger charge is -2.44. The molecule has 1 amide bonds. The highest BCUT2D eigenvalue weighted by molar-refractivity contribution is 6.30. The normalized spacial score (nSPS) is 24.5. The zero-order valence-corrected chi connectivity index (χ0v) is 16.5. The van der Waals surface area contributed by atoms with Gasteiger partial charge in [0, 0.05) is 17.5 Å². The average molecular weight is 376 g/mol. The van der Waals surface area contributed by atoms with E-state index >= 15 is 0 Å². The minimum absolute atomic E-state index is 0.0496. The first-order chi connectivity index (χ1) is 12.6. The SMILES string of the molecule is C=CCC1CC[C@@H](c2ccc(Cl)cc2)N(C(CC)COCC2CC2)C1=O. The van der Waals surface area contributed by atoms with Crippen LogP contribution in [0.3, 0.4) is 0 Å². The van der Waals surface area contributed by atoms with Crippen molar-refractivity contribution in [1.29, 1.82) is 0 Å². The molecule has 2 unspecified atom stereocenters. The van der Waals surface area contributed by atoms with Gasteiger partial charge in [0.15, 0.2) is 0 Å². The Bertz CT molecular complexity index is 611. The predicted molar refractivity (Wildman–Crippen MR) is 106 cm³/mol. The smallest absolute Gasteiger partial charge is 0.226 e. The molecule has 0 bridgehead atoms. The maximum Gasteiger partial charge on any atom is 0.226 e. The highest BCUT2D eigenvalue weighted by Gasteiger charge is 2.39. The standard InChI is InChI=1S/C22H30ClNO2/c1-3-5-18-10-13-21(17-8-11-19(23)12-9-17)24(22(18)25)20(4-2)15-26-14-16-6-7-16/h3,8-9,11-12,16,18,20-21H,1,4-7,10,13-15H2,2H3/t18?,20?,21-/m0/s1. The van der Waals surface area contributed by atoms with Crippen molar-refractivity contribution in [1.82, 2.24) is 4.90 Å². The average Bonchev–Trinajstić information content (AvgIpc) is 3.46. The van der Waals surface area contributed by atoms with Crippen molar-refractivity contribution in [2.24, 2.45) is 11.8 Å². The molecule has 3 atom stereocenters. The molecular formula is C22H30ClNO2. The topological polar surface area (TPSA) is 29.5 Å². The van der Waals surface area contributed by atoms with Crippen LogP contribution in [0.2, 0.25) is 5.02 Å². The summed E-state index contributed by atoms with van der Waals surface area (Å²) in [6.45, 7) is 7.44. The maximum absolute atomic E-state index is 13.3. The van der Waals surface area contributed by atoms with Gasteiger partial charge in [-0.25, -0.2) is 0 Å². The number of amides is 1. The summed E-state index contributed by atoms with van der Waals surface area (Å²) in [6, 6.07) is 8.17. The lowest BCUT2D eigenvalue weighted by molar-refractivity contribution is -0.147. The molecule has 142 valence electrons. The summed E-state index contributed by atoms with van der Waals surface area (Å²) in [5.41, 5.74) is 1.17. The van der Waals surface area contributed by atoms with Crippen LogP contribution < -0.4 is 0 Å². The highest BCUT2D eigenvalue weighted by Crippen LogP contribution is 2.38. The summed E-state index contributed by atoms with van der Waals surface area (Å²) < 4.78 is 5.98. The van der Waals surface area contributed by atoms with Crippen LogP contribution in [0.5, 0.6) is 0 Å². The number of benzene rings is 1. The quantitative estimate of drug-likeness (QED) is 0.541. The zero-order chi connectivity index (χ0) is 18.5. The van der Waals surface area contributed by atoms with Gasteiger partial charge in [0.05, 0.1) is 18.7 Å². The van der Waals surface area contributed by atoms with Crippen LogP contribution in [0.25, 0.3) is 0 Å². The Morgan fingerprint density at radius 3 is 2.62 bits per heavy atom. The van der Waals surface area contributed by atoms with Crippen LogP contribution in [0.15, 0.2) is 36.9 Å². The molecule has 1 saturated carbocycles. The number of nitrogens with zero attached hydrogens (tertiary/aromatic N) is 1. The summed E-state index contributed by atoms with van der Waals surface area (Å²) in [7, 11) is 0. The van der Waals surface area contributed by atoms with Crippen LogP contribution in [-0.4, -0.2) is 30.1 Å². The molecule has 26 heavy (non-hydrogen) atoms. The van der Waals surface area contributed by atoms with E-state index in [4.69, 9.17) is 16.3 Å². The molecule has 0 aromatic heterocycles. The number of halogens is 1. The number of hydrogen-bond donors (Lipinski definition) is 0. The molecule has 1 heterocycles. The second-order valence-corrected chi connectivity index (χ2v) is 8.09. The summed E-state index contributed by atoms with van der Waals surface area (Å²) in [6.07, 6.45) is 7.98. The molecule has 0 radical (unpaired) electrons. The first-order valence-electron chi connectivity index (χ1n) is 9.90. The molecule has 0 N–H and O–H groups in total. The van der Waals surface area contributed by atoms with Gasteiger partial charge in [0.1, 0.15) is 0 Å². The van der Waals surface area contributed by atoms with Crippen molar-refractivity contribution in [3.8, 4) is 0 Å². The molecule has 1 saturated heterocycles. The Hall–Kier alpha value is -1.32. The minimum Gasteiger partial charge on any atom is -0.379 e. The van der Waals surface area contributed by atoms with Crippen LogP contribution in [0.1, 0.15) is 57.1 Å². The summed E-state index contributed by atoms with van der Waals surface area (Å²) in [4.78, 5) is 15.4. The molecule has 0 spiro atoms. The number of hydrogen-bond acceptors (Lipinski definition) is 2. The van der Waals surface area contributed by atoms with Gasteiger partial charge in [-0.2, -0.15) is 0 Å².